The van der Waals surface area contributed by atoms with Gasteiger partial charge < -0.3 is 9.47 Å². The van der Waals surface area contributed by atoms with Crippen LogP contribution in [0.25, 0.3) is 31.3 Å². The number of fused-ring (bicyclic) bond motifs is 4. The number of likely N-dealkylation sites (N-methyl/N-ethyl adjacent to an activating group) is 1. The summed E-state index contributed by atoms with van der Waals surface area (Å²) >= 11 is 7.76. The predicted molar refractivity (Wildman–Crippen MR) is 102 cm³/mol. The normalized spacial score (nSPS) is 12.0. The Morgan fingerprint density at radius 3 is 2.88 bits per heavy atom. The van der Waals surface area contributed by atoms with Crippen LogP contribution >= 0.6 is 22.9 Å². The number of pyridine rings is 1. The minimum Gasteiger partial charge on any atom is -0.335 e. The standard InChI is InChI=1S/C18H16ClN3OS/c1-21(2)8-9-22-14-6-5-11(19)10-13(14)17-15(22)16(23)12-4-3-7-20-18(12)24-17/h3-7,10H,8-9H2,1-2H3. The second kappa shape index (κ2) is 5.84. The summed E-state index contributed by atoms with van der Waals surface area (Å²) in [5.41, 5.74) is 1.83. The van der Waals surface area contributed by atoms with Gasteiger partial charge in [0.15, 0.2) is 0 Å². The molecule has 0 saturated carbocycles. The third-order valence-electron chi connectivity index (χ3n) is 4.18. The van der Waals surface area contributed by atoms with Gasteiger partial charge in [0.2, 0.25) is 5.43 Å². The topological polar surface area (TPSA) is 38.1 Å². The van der Waals surface area contributed by atoms with Crippen LogP contribution in [0.4, 0.5) is 0 Å². The molecule has 0 N–H and O–H groups in total. The molecule has 0 amide bonds. The van der Waals surface area contributed by atoms with E-state index in [2.05, 4.69) is 14.5 Å². The third kappa shape index (κ3) is 2.40. The molecule has 0 aliphatic heterocycles. The molecule has 0 aliphatic rings. The lowest BCUT2D eigenvalue weighted by molar-refractivity contribution is 0.389. The summed E-state index contributed by atoms with van der Waals surface area (Å²) < 4.78 is 3.08. The fourth-order valence-corrected chi connectivity index (χ4v) is 4.35. The van der Waals surface area contributed by atoms with Crippen molar-refractivity contribution in [3.05, 3.63) is 51.8 Å². The summed E-state index contributed by atoms with van der Waals surface area (Å²) in [5.74, 6) is 0. The van der Waals surface area contributed by atoms with Crippen LogP contribution in [0.3, 0.4) is 0 Å². The molecule has 0 aliphatic carbocycles. The lowest BCUT2D eigenvalue weighted by Crippen LogP contribution is -2.19. The van der Waals surface area contributed by atoms with E-state index in [1.807, 2.05) is 44.4 Å². The lowest BCUT2D eigenvalue weighted by Gasteiger charge is -2.12. The van der Waals surface area contributed by atoms with E-state index in [-0.39, 0.29) is 5.43 Å². The predicted octanol–water partition coefficient (Wildman–Crippen LogP) is 3.98. The highest BCUT2D eigenvalue weighted by Gasteiger charge is 2.17. The number of halogens is 1. The van der Waals surface area contributed by atoms with E-state index in [1.165, 1.54) is 0 Å². The monoisotopic (exact) mass is 357 g/mol. The molecule has 0 unspecified atom stereocenters. The van der Waals surface area contributed by atoms with E-state index in [0.717, 1.165) is 39.0 Å². The summed E-state index contributed by atoms with van der Waals surface area (Å²) in [5, 5.41) is 2.37. The molecule has 0 bridgehead atoms. The Labute approximate surface area is 147 Å². The fourth-order valence-electron chi connectivity index (χ4n) is 3.03. The SMILES string of the molecule is CN(C)CCn1c2ccc(Cl)cc2c2sc3ncccc3c(=O)c21. The summed E-state index contributed by atoms with van der Waals surface area (Å²) in [7, 11) is 4.07. The first kappa shape index (κ1) is 15.6. The first-order valence-electron chi connectivity index (χ1n) is 7.70. The largest absolute Gasteiger partial charge is 0.335 e. The number of hydrogen-bond acceptors (Lipinski definition) is 4. The van der Waals surface area contributed by atoms with Crippen molar-refractivity contribution in [3.8, 4) is 0 Å². The Kier molecular flexibility index (Phi) is 3.79. The maximum atomic E-state index is 13.1. The summed E-state index contributed by atoms with van der Waals surface area (Å²) in [6.07, 6.45) is 1.72. The molecule has 3 aromatic heterocycles. The van der Waals surface area contributed by atoms with E-state index in [4.69, 9.17) is 11.6 Å². The van der Waals surface area contributed by atoms with Crippen LogP contribution < -0.4 is 5.43 Å². The van der Waals surface area contributed by atoms with E-state index in [9.17, 15) is 4.79 Å². The molecule has 0 spiro atoms. The van der Waals surface area contributed by atoms with Crippen LogP contribution in [-0.2, 0) is 6.54 Å². The first-order valence-corrected chi connectivity index (χ1v) is 8.90. The second-order valence-electron chi connectivity index (χ2n) is 6.08. The van der Waals surface area contributed by atoms with E-state index < -0.39 is 0 Å². The molecule has 3 heterocycles. The van der Waals surface area contributed by atoms with Crippen molar-refractivity contribution in [3.63, 3.8) is 0 Å². The van der Waals surface area contributed by atoms with Gasteiger partial charge in [-0.1, -0.05) is 11.6 Å². The molecular formula is C18H16ClN3OS. The Balaban J connectivity index is 2.16. The van der Waals surface area contributed by atoms with E-state index in [1.54, 1.807) is 17.5 Å². The molecule has 0 radical (unpaired) electrons. The zero-order valence-electron chi connectivity index (χ0n) is 13.4. The van der Waals surface area contributed by atoms with Crippen molar-refractivity contribution in [2.24, 2.45) is 0 Å². The molecule has 4 nitrogen and oxygen atoms in total. The maximum Gasteiger partial charge on any atom is 0.213 e. The average Bonchev–Trinajstić information content (AvgIpc) is 2.86. The highest BCUT2D eigenvalue weighted by Crippen LogP contribution is 2.34. The van der Waals surface area contributed by atoms with Crippen LogP contribution in [0.2, 0.25) is 5.02 Å². The molecule has 4 rings (SSSR count). The molecule has 4 aromatic rings. The number of hydrogen-bond donors (Lipinski definition) is 0. The first-order chi connectivity index (χ1) is 11.6. The Morgan fingerprint density at radius 1 is 1.25 bits per heavy atom. The molecule has 0 fully saturated rings. The van der Waals surface area contributed by atoms with Crippen molar-refractivity contribution >= 4 is 54.3 Å². The van der Waals surface area contributed by atoms with Crippen LogP contribution in [-0.4, -0.2) is 35.1 Å². The highest BCUT2D eigenvalue weighted by molar-refractivity contribution is 7.25. The lowest BCUT2D eigenvalue weighted by atomic mass is 10.2. The van der Waals surface area contributed by atoms with Crippen molar-refractivity contribution in [2.45, 2.75) is 6.54 Å². The number of aromatic nitrogens is 2. The molecule has 6 heteroatoms. The summed E-state index contributed by atoms with van der Waals surface area (Å²) in [4.78, 5) is 20.4. The van der Waals surface area contributed by atoms with Gasteiger partial charge in [0.1, 0.15) is 10.3 Å². The van der Waals surface area contributed by atoms with Crippen LogP contribution in [0.15, 0.2) is 41.3 Å². The van der Waals surface area contributed by atoms with Crippen molar-refractivity contribution < 1.29 is 0 Å². The molecule has 1 aromatic carbocycles. The zero-order chi connectivity index (χ0) is 16.8. The molecule has 24 heavy (non-hydrogen) atoms. The van der Waals surface area contributed by atoms with Gasteiger partial charge in [0, 0.05) is 29.7 Å². The molecule has 122 valence electrons. The van der Waals surface area contributed by atoms with Gasteiger partial charge in [-0.3, -0.25) is 4.79 Å². The van der Waals surface area contributed by atoms with Gasteiger partial charge in [-0.15, -0.1) is 11.3 Å². The summed E-state index contributed by atoms with van der Waals surface area (Å²) in [6.45, 7) is 1.61. The van der Waals surface area contributed by atoms with Crippen LogP contribution in [0.1, 0.15) is 0 Å². The smallest absolute Gasteiger partial charge is 0.213 e. The van der Waals surface area contributed by atoms with Crippen molar-refractivity contribution in [1.82, 2.24) is 14.5 Å². The van der Waals surface area contributed by atoms with Gasteiger partial charge in [-0.25, -0.2) is 4.98 Å². The van der Waals surface area contributed by atoms with Crippen LogP contribution in [0, 0.1) is 0 Å². The van der Waals surface area contributed by atoms with Gasteiger partial charge >= 0.3 is 0 Å². The highest BCUT2D eigenvalue weighted by atomic mass is 35.5. The van der Waals surface area contributed by atoms with Gasteiger partial charge in [0.05, 0.1) is 15.6 Å². The quantitative estimate of drug-likeness (QED) is 0.556. The number of rotatable bonds is 3. The summed E-state index contributed by atoms with van der Waals surface area (Å²) in [6, 6.07) is 9.48. The number of benzene rings is 1. The maximum absolute atomic E-state index is 13.1. The van der Waals surface area contributed by atoms with Gasteiger partial charge in [0.25, 0.3) is 0 Å². The van der Waals surface area contributed by atoms with E-state index >= 15 is 0 Å². The fraction of sp³-hybridized carbons (Fsp3) is 0.222. The zero-order valence-corrected chi connectivity index (χ0v) is 15.0. The molecule has 0 atom stereocenters. The minimum atomic E-state index is 0.0397. The second-order valence-corrected chi connectivity index (χ2v) is 7.52. The molecule has 0 saturated heterocycles. The third-order valence-corrected chi connectivity index (χ3v) is 5.55. The van der Waals surface area contributed by atoms with Gasteiger partial charge in [-0.2, -0.15) is 0 Å². The van der Waals surface area contributed by atoms with Crippen LogP contribution in [0.5, 0.6) is 0 Å². The van der Waals surface area contributed by atoms with Gasteiger partial charge in [-0.05, 0) is 44.4 Å². The average molecular weight is 358 g/mol. The van der Waals surface area contributed by atoms with E-state index in [0.29, 0.717) is 10.4 Å². The number of nitrogens with zero attached hydrogens (tertiary/aromatic N) is 3. The Morgan fingerprint density at radius 2 is 2.08 bits per heavy atom. The Hall–Kier alpha value is -1.95. The van der Waals surface area contributed by atoms with Crippen molar-refractivity contribution in [1.29, 1.82) is 0 Å². The Bertz CT molecular complexity index is 1130. The van der Waals surface area contributed by atoms with Crippen molar-refractivity contribution in [2.75, 3.05) is 20.6 Å². The minimum absolute atomic E-state index is 0.0397. The molecular weight excluding hydrogens is 342 g/mol.